The minimum absolute atomic E-state index is 0.364. The lowest BCUT2D eigenvalue weighted by molar-refractivity contribution is 0.899. The molecule has 5 heteroatoms. The molecule has 0 atom stereocenters. The Morgan fingerprint density at radius 1 is 0.783 bits per heavy atom. The average Bonchev–Trinajstić information content (AvgIpc) is 3.00. The third-order valence-electron chi connectivity index (χ3n) is 3.83. The summed E-state index contributed by atoms with van der Waals surface area (Å²) in [6.07, 6.45) is 1.74. The van der Waals surface area contributed by atoms with Crippen molar-refractivity contribution in [3.05, 3.63) is 87.7 Å². The first kappa shape index (κ1) is 13.3. The number of hydrogen-bond donors (Lipinski definition) is 2. The maximum absolute atomic E-state index is 12.7. The van der Waals surface area contributed by atoms with E-state index in [1.807, 2.05) is 36.4 Å². The number of aromatic nitrogens is 3. The predicted molar refractivity (Wildman–Crippen MR) is 90.0 cm³/mol. The lowest BCUT2D eigenvalue weighted by Crippen LogP contribution is -2.33. The van der Waals surface area contributed by atoms with Gasteiger partial charge in [-0.2, -0.15) is 0 Å². The van der Waals surface area contributed by atoms with Crippen LogP contribution < -0.4 is 11.2 Å². The number of fused-ring (bicyclic) bond motifs is 1. The summed E-state index contributed by atoms with van der Waals surface area (Å²) in [5.74, 6) is 0. The fourth-order valence-electron chi connectivity index (χ4n) is 2.75. The summed E-state index contributed by atoms with van der Waals surface area (Å²) in [6.45, 7) is 0. The summed E-state index contributed by atoms with van der Waals surface area (Å²) in [7, 11) is 0. The molecule has 0 radical (unpaired) electrons. The van der Waals surface area contributed by atoms with Crippen molar-refractivity contribution in [1.29, 1.82) is 0 Å². The van der Waals surface area contributed by atoms with Crippen molar-refractivity contribution in [3.63, 3.8) is 0 Å². The van der Waals surface area contributed by atoms with E-state index in [0.717, 1.165) is 15.7 Å². The molecule has 0 aliphatic carbocycles. The van der Waals surface area contributed by atoms with Crippen LogP contribution in [-0.2, 0) is 0 Å². The Bertz CT molecular complexity index is 1090. The van der Waals surface area contributed by atoms with Crippen molar-refractivity contribution in [1.82, 2.24) is 14.5 Å². The fraction of sp³-hybridized carbons (Fsp3) is 0. The Morgan fingerprint density at radius 2 is 1.43 bits per heavy atom. The van der Waals surface area contributed by atoms with Crippen LogP contribution in [0, 0.1) is 0 Å². The van der Waals surface area contributed by atoms with E-state index in [4.69, 9.17) is 0 Å². The van der Waals surface area contributed by atoms with Crippen molar-refractivity contribution < 1.29 is 0 Å². The molecule has 0 aliphatic heterocycles. The molecule has 0 bridgehead atoms. The highest BCUT2D eigenvalue weighted by Crippen LogP contribution is 2.24. The quantitative estimate of drug-likeness (QED) is 0.597. The number of para-hydroxylation sites is 1. The van der Waals surface area contributed by atoms with Crippen molar-refractivity contribution in [2.75, 3.05) is 0 Å². The SMILES string of the molecule is O=c1[nH]c2c(-c3ccccc3)c[nH]c2c(=O)n1-c1ccccc1. The van der Waals surface area contributed by atoms with Crippen LogP contribution in [0.25, 0.3) is 27.8 Å². The van der Waals surface area contributed by atoms with Gasteiger partial charge in [-0.05, 0) is 17.7 Å². The second-order valence-corrected chi connectivity index (χ2v) is 5.22. The lowest BCUT2D eigenvalue weighted by Gasteiger charge is -2.05. The van der Waals surface area contributed by atoms with Gasteiger partial charge in [0.1, 0.15) is 5.52 Å². The molecule has 2 heterocycles. The summed E-state index contributed by atoms with van der Waals surface area (Å²) in [6, 6.07) is 18.5. The molecule has 0 amide bonds. The van der Waals surface area contributed by atoms with Crippen LogP contribution in [0.4, 0.5) is 0 Å². The van der Waals surface area contributed by atoms with Gasteiger partial charge in [-0.1, -0.05) is 48.5 Å². The normalized spacial score (nSPS) is 11.0. The third kappa shape index (κ3) is 2.10. The van der Waals surface area contributed by atoms with E-state index < -0.39 is 5.69 Å². The molecule has 2 aromatic carbocycles. The largest absolute Gasteiger partial charge is 0.355 e. The first-order valence-corrected chi connectivity index (χ1v) is 7.23. The van der Waals surface area contributed by atoms with Gasteiger partial charge in [0.2, 0.25) is 0 Å². The molecule has 0 saturated heterocycles. The van der Waals surface area contributed by atoms with Crippen LogP contribution in [0.2, 0.25) is 0 Å². The Hall–Kier alpha value is -3.34. The van der Waals surface area contributed by atoms with Gasteiger partial charge in [-0.3, -0.25) is 4.79 Å². The average molecular weight is 303 g/mol. The van der Waals surface area contributed by atoms with E-state index in [2.05, 4.69) is 9.97 Å². The third-order valence-corrected chi connectivity index (χ3v) is 3.83. The van der Waals surface area contributed by atoms with Gasteiger partial charge in [-0.15, -0.1) is 0 Å². The van der Waals surface area contributed by atoms with Crippen LogP contribution in [0.5, 0.6) is 0 Å². The molecule has 2 N–H and O–H groups in total. The molecule has 2 aromatic heterocycles. The maximum Gasteiger partial charge on any atom is 0.333 e. The zero-order valence-corrected chi connectivity index (χ0v) is 12.1. The van der Waals surface area contributed by atoms with Gasteiger partial charge in [0.05, 0.1) is 11.2 Å². The van der Waals surface area contributed by atoms with Crippen molar-refractivity contribution in [2.45, 2.75) is 0 Å². The molecule has 5 nitrogen and oxygen atoms in total. The maximum atomic E-state index is 12.7. The van der Waals surface area contributed by atoms with E-state index in [-0.39, 0.29) is 5.56 Å². The summed E-state index contributed by atoms with van der Waals surface area (Å²) in [5, 5.41) is 0. The van der Waals surface area contributed by atoms with E-state index in [1.54, 1.807) is 30.5 Å². The first-order valence-electron chi connectivity index (χ1n) is 7.23. The van der Waals surface area contributed by atoms with Crippen LogP contribution in [0.1, 0.15) is 0 Å². The van der Waals surface area contributed by atoms with Gasteiger partial charge in [0.15, 0.2) is 0 Å². The van der Waals surface area contributed by atoms with Gasteiger partial charge in [0.25, 0.3) is 5.56 Å². The number of nitrogens with zero attached hydrogens (tertiary/aromatic N) is 1. The molecule has 0 aliphatic rings. The second-order valence-electron chi connectivity index (χ2n) is 5.22. The minimum Gasteiger partial charge on any atom is -0.355 e. The topological polar surface area (TPSA) is 70.7 Å². The molecule has 0 fully saturated rings. The van der Waals surface area contributed by atoms with Crippen LogP contribution >= 0.6 is 0 Å². The Morgan fingerprint density at radius 3 is 2.13 bits per heavy atom. The molecule has 4 rings (SSSR count). The zero-order valence-electron chi connectivity index (χ0n) is 12.1. The molecule has 0 unspecified atom stereocenters. The summed E-state index contributed by atoms with van der Waals surface area (Å²) in [5.41, 5.74) is 2.37. The number of aromatic amines is 2. The van der Waals surface area contributed by atoms with Crippen LogP contribution in [0.15, 0.2) is 76.4 Å². The number of hydrogen-bond acceptors (Lipinski definition) is 2. The van der Waals surface area contributed by atoms with Gasteiger partial charge < -0.3 is 9.97 Å². The standard InChI is InChI=1S/C18H13N3O2/c22-17-16-15(14(11-19-16)12-7-3-1-4-8-12)20-18(23)21(17)13-9-5-2-6-10-13/h1-11,19H,(H,20,23). The van der Waals surface area contributed by atoms with Gasteiger partial charge >= 0.3 is 5.69 Å². The summed E-state index contributed by atoms with van der Waals surface area (Å²) < 4.78 is 1.13. The van der Waals surface area contributed by atoms with Crippen molar-refractivity contribution in [3.8, 4) is 16.8 Å². The Labute approximate surface area is 130 Å². The van der Waals surface area contributed by atoms with E-state index in [1.165, 1.54) is 0 Å². The number of nitrogens with one attached hydrogen (secondary N) is 2. The van der Waals surface area contributed by atoms with Crippen LogP contribution in [0.3, 0.4) is 0 Å². The molecule has 0 saturated carbocycles. The second kappa shape index (κ2) is 5.14. The van der Waals surface area contributed by atoms with Crippen LogP contribution in [-0.4, -0.2) is 14.5 Å². The highest BCUT2D eigenvalue weighted by molar-refractivity contribution is 5.91. The summed E-state index contributed by atoms with van der Waals surface area (Å²) in [4.78, 5) is 30.9. The highest BCUT2D eigenvalue weighted by Gasteiger charge is 2.14. The highest BCUT2D eigenvalue weighted by atomic mass is 16.2. The molecule has 4 aromatic rings. The fourth-order valence-corrected chi connectivity index (χ4v) is 2.75. The van der Waals surface area contributed by atoms with E-state index >= 15 is 0 Å². The Kier molecular flexibility index (Phi) is 2.98. The number of benzene rings is 2. The summed E-state index contributed by atoms with van der Waals surface area (Å²) >= 11 is 0. The molecular formula is C18H13N3O2. The van der Waals surface area contributed by atoms with Gasteiger partial charge in [0, 0.05) is 11.8 Å². The predicted octanol–water partition coefficient (Wildman–Crippen LogP) is 2.67. The Balaban J connectivity index is 2.03. The monoisotopic (exact) mass is 303 g/mol. The van der Waals surface area contributed by atoms with Gasteiger partial charge in [-0.25, -0.2) is 9.36 Å². The number of H-pyrrole nitrogens is 2. The molecule has 0 spiro atoms. The molecule has 112 valence electrons. The minimum atomic E-state index is -0.453. The zero-order chi connectivity index (χ0) is 15.8. The molecule has 23 heavy (non-hydrogen) atoms. The smallest absolute Gasteiger partial charge is 0.333 e. The lowest BCUT2D eigenvalue weighted by atomic mass is 10.1. The number of rotatable bonds is 2. The van der Waals surface area contributed by atoms with E-state index in [9.17, 15) is 9.59 Å². The molecular weight excluding hydrogens is 290 g/mol. The van der Waals surface area contributed by atoms with E-state index in [0.29, 0.717) is 16.7 Å². The first-order chi connectivity index (χ1) is 11.3. The van der Waals surface area contributed by atoms with Crippen molar-refractivity contribution >= 4 is 11.0 Å². The van der Waals surface area contributed by atoms with Crippen molar-refractivity contribution in [2.24, 2.45) is 0 Å².